The highest BCUT2D eigenvalue weighted by Gasteiger charge is 2.32. The summed E-state index contributed by atoms with van der Waals surface area (Å²) in [6, 6.07) is 7.02. The monoisotopic (exact) mass is 473 g/mol. The molecule has 1 fully saturated rings. The van der Waals surface area contributed by atoms with Gasteiger partial charge in [0.05, 0.1) is 28.4 Å². The molecule has 1 saturated heterocycles. The molecule has 1 N–H and O–H groups in total. The van der Waals surface area contributed by atoms with Crippen molar-refractivity contribution in [3.05, 3.63) is 50.3 Å². The number of amides is 1. The largest absolute Gasteiger partial charge is 0.504 e. The maximum Gasteiger partial charge on any atom is 0.266 e. The molecule has 2 aromatic rings. The first-order valence-corrected chi connectivity index (χ1v) is 9.14. The lowest BCUT2D eigenvalue weighted by Crippen LogP contribution is -2.27. The van der Waals surface area contributed by atoms with Crippen LogP contribution in [0.25, 0.3) is 6.08 Å². The van der Waals surface area contributed by atoms with Gasteiger partial charge < -0.3 is 14.3 Å². The Morgan fingerprint density at radius 3 is 2.96 bits per heavy atom. The maximum absolute atomic E-state index is 12.6. The van der Waals surface area contributed by atoms with Crippen molar-refractivity contribution < 1.29 is 19.1 Å². The molecule has 0 bridgehead atoms. The zero-order chi connectivity index (χ0) is 17.3. The Kier molecular flexibility index (Phi) is 5.16. The van der Waals surface area contributed by atoms with Crippen molar-refractivity contribution in [3.8, 4) is 11.5 Å². The van der Waals surface area contributed by atoms with Crippen molar-refractivity contribution in [3.63, 3.8) is 0 Å². The average Bonchev–Trinajstić information content (AvgIpc) is 3.15. The molecule has 0 unspecified atom stereocenters. The number of furan rings is 1. The van der Waals surface area contributed by atoms with E-state index in [4.69, 9.17) is 21.4 Å². The molecule has 124 valence electrons. The van der Waals surface area contributed by atoms with E-state index in [1.165, 1.54) is 23.8 Å². The minimum atomic E-state index is -0.163. The molecular weight excluding hydrogens is 461 g/mol. The Morgan fingerprint density at radius 1 is 1.50 bits per heavy atom. The van der Waals surface area contributed by atoms with Crippen molar-refractivity contribution in [2.75, 3.05) is 7.11 Å². The summed E-state index contributed by atoms with van der Waals surface area (Å²) in [5.41, 5.74) is 0.757. The second kappa shape index (κ2) is 7.16. The van der Waals surface area contributed by atoms with Gasteiger partial charge in [0.25, 0.3) is 5.91 Å². The van der Waals surface area contributed by atoms with Crippen LogP contribution in [0.3, 0.4) is 0 Å². The number of phenols is 1. The first kappa shape index (κ1) is 17.3. The Hall–Kier alpha value is -1.52. The van der Waals surface area contributed by atoms with E-state index >= 15 is 0 Å². The average molecular weight is 473 g/mol. The summed E-state index contributed by atoms with van der Waals surface area (Å²) in [6.07, 6.45) is 3.30. The third-order valence-corrected chi connectivity index (χ3v) is 5.54. The van der Waals surface area contributed by atoms with E-state index in [1.807, 2.05) is 22.6 Å². The van der Waals surface area contributed by atoms with E-state index in [0.717, 1.165) is 5.56 Å². The number of phenolic OH excluding ortho intramolecular Hbond substituents is 1. The number of hydrogen-bond donors (Lipinski definition) is 1. The van der Waals surface area contributed by atoms with E-state index in [-0.39, 0.29) is 11.7 Å². The highest BCUT2D eigenvalue weighted by Crippen LogP contribution is 2.37. The van der Waals surface area contributed by atoms with Crippen LogP contribution in [0, 0.1) is 3.57 Å². The van der Waals surface area contributed by atoms with Gasteiger partial charge in [-0.15, -0.1) is 0 Å². The number of methoxy groups -OCH3 is 1. The molecule has 3 rings (SSSR count). The lowest BCUT2D eigenvalue weighted by molar-refractivity contribution is -0.122. The van der Waals surface area contributed by atoms with Crippen LogP contribution >= 0.6 is 46.6 Å². The fourth-order valence-corrected chi connectivity index (χ4v) is 4.06. The Bertz CT molecular complexity index is 833. The molecule has 0 saturated carbocycles. The Morgan fingerprint density at radius 2 is 2.29 bits per heavy atom. The molecule has 5 nitrogen and oxygen atoms in total. The number of benzene rings is 1. The van der Waals surface area contributed by atoms with Crippen molar-refractivity contribution in [2.24, 2.45) is 0 Å². The molecule has 1 aromatic heterocycles. The number of carbonyl (C=O) groups excluding carboxylic acids is 1. The van der Waals surface area contributed by atoms with E-state index in [2.05, 4.69) is 0 Å². The van der Waals surface area contributed by atoms with Crippen LogP contribution in [-0.4, -0.2) is 27.3 Å². The van der Waals surface area contributed by atoms with E-state index in [1.54, 1.807) is 36.6 Å². The minimum absolute atomic E-state index is 0.0839. The Balaban J connectivity index is 1.87. The van der Waals surface area contributed by atoms with Gasteiger partial charge in [0.1, 0.15) is 10.1 Å². The Labute approximate surface area is 161 Å². The quantitative estimate of drug-likeness (QED) is 0.412. The van der Waals surface area contributed by atoms with E-state index < -0.39 is 0 Å². The third-order valence-electron chi connectivity index (χ3n) is 3.34. The number of carbonyl (C=O) groups is 1. The smallest absolute Gasteiger partial charge is 0.266 e. The van der Waals surface area contributed by atoms with Crippen LogP contribution in [0.5, 0.6) is 11.5 Å². The number of thioether (sulfide) groups is 1. The van der Waals surface area contributed by atoms with Gasteiger partial charge in [-0.2, -0.15) is 0 Å². The van der Waals surface area contributed by atoms with Crippen LogP contribution in [-0.2, 0) is 11.3 Å². The number of rotatable bonds is 4. The van der Waals surface area contributed by atoms with Crippen molar-refractivity contribution in [1.82, 2.24) is 4.90 Å². The van der Waals surface area contributed by atoms with Crippen molar-refractivity contribution in [1.29, 1.82) is 0 Å². The molecule has 8 heteroatoms. The van der Waals surface area contributed by atoms with Gasteiger partial charge in [-0.1, -0.05) is 24.0 Å². The highest BCUT2D eigenvalue weighted by molar-refractivity contribution is 14.1. The summed E-state index contributed by atoms with van der Waals surface area (Å²) < 4.78 is 11.6. The minimum Gasteiger partial charge on any atom is -0.504 e. The summed E-state index contributed by atoms with van der Waals surface area (Å²) in [6.45, 7) is 0.311. The van der Waals surface area contributed by atoms with Gasteiger partial charge in [-0.25, -0.2) is 0 Å². The third kappa shape index (κ3) is 3.45. The van der Waals surface area contributed by atoms with E-state index in [0.29, 0.717) is 30.9 Å². The standard InChI is InChI=1S/C16H12INO4S2/c1-21-12-6-9(5-11(17)14(12)19)7-13-15(20)18(16(23)24-13)8-10-3-2-4-22-10/h2-7,19H,8H2,1H3. The summed E-state index contributed by atoms with van der Waals surface area (Å²) in [4.78, 5) is 14.6. The molecule has 1 aliphatic heterocycles. The predicted octanol–water partition coefficient (Wildman–Crippen LogP) is 4.00. The zero-order valence-corrected chi connectivity index (χ0v) is 16.3. The fourth-order valence-electron chi connectivity index (χ4n) is 2.18. The molecule has 2 heterocycles. The van der Waals surface area contributed by atoms with Gasteiger partial charge in [0.2, 0.25) is 0 Å². The SMILES string of the molecule is COc1cc(C=C2SC(=S)N(Cc3ccco3)C2=O)cc(I)c1O. The number of aromatic hydroxyl groups is 1. The van der Waals surface area contributed by atoms with Crippen molar-refractivity contribution in [2.45, 2.75) is 6.54 Å². The highest BCUT2D eigenvalue weighted by atomic mass is 127. The lowest BCUT2D eigenvalue weighted by atomic mass is 10.2. The van der Waals surface area contributed by atoms with Crippen LogP contribution in [0.2, 0.25) is 0 Å². The van der Waals surface area contributed by atoms with Crippen LogP contribution in [0.1, 0.15) is 11.3 Å². The lowest BCUT2D eigenvalue weighted by Gasteiger charge is -2.12. The topological polar surface area (TPSA) is 62.9 Å². The second-order valence-electron chi connectivity index (χ2n) is 4.90. The van der Waals surface area contributed by atoms with Gasteiger partial charge in [0, 0.05) is 0 Å². The number of ether oxygens (including phenoxy) is 1. The van der Waals surface area contributed by atoms with Gasteiger partial charge >= 0.3 is 0 Å². The fraction of sp³-hybridized carbons (Fsp3) is 0.125. The molecule has 1 amide bonds. The molecule has 1 aromatic carbocycles. The molecule has 0 aliphatic carbocycles. The molecule has 0 radical (unpaired) electrons. The number of halogens is 1. The maximum atomic E-state index is 12.6. The molecule has 0 spiro atoms. The van der Waals surface area contributed by atoms with Gasteiger partial charge in [-0.3, -0.25) is 9.69 Å². The molecular formula is C16H12INO4S2. The first-order valence-electron chi connectivity index (χ1n) is 6.84. The molecule has 1 aliphatic rings. The summed E-state index contributed by atoms with van der Waals surface area (Å²) in [7, 11) is 1.48. The number of nitrogens with zero attached hydrogens (tertiary/aromatic N) is 1. The molecule has 0 atom stereocenters. The van der Waals surface area contributed by atoms with Crippen LogP contribution in [0.4, 0.5) is 0 Å². The van der Waals surface area contributed by atoms with Crippen LogP contribution in [0.15, 0.2) is 39.9 Å². The van der Waals surface area contributed by atoms with E-state index in [9.17, 15) is 9.90 Å². The number of thiocarbonyl (C=S) groups is 1. The van der Waals surface area contributed by atoms with Crippen molar-refractivity contribution >= 4 is 62.9 Å². The molecule has 24 heavy (non-hydrogen) atoms. The summed E-state index contributed by atoms with van der Waals surface area (Å²) >= 11 is 8.56. The summed E-state index contributed by atoms with van der Waals surface area (Å²) in [5, 5.41) is 9.90. The van der Waals surface area contributed by atoms with Crippen LogP contribution < -0.4 is 4.74 Å². The second-order valence-corrected chi connectivity index (χ2v) is 7.74. The predicted molar refractivity (Wildman–Crippen MR) is 105 cm³/mol. The van der Waals surface area contributed by atoms with Gasteiger partial charge in [-0.05, 0) is 58.5 Å². The van der Waals surface area contributed by atoms with Gasteiger partial charge in [0.15, 0.2) is 11.5 Å². The summed E-state index contributed by atoms with van der Waals surface area (Å²) in [5.74, 6) is 0.955. The zero-order valence-electron chi connectivity index (χ0n) is 12.5. The number of hydrogen-bond acceptors (Lipinski definition) is 6. The normalized spacial score (nSPS) is 16.2. The first-order chi connectivity index (χ1) is 11.5.